The van der Waals surface area contributed by atoms with Crippen molar-refractivity contribution in [3.8, 4) is 0 Å². The molecule has 1 aromatic rings. The highest BCUT2D eigenvalue weighted by Gasteiger charge is 2.41. The normalized spacial score (nSPS) is 18.6. The molecule has 8 nitrogen and oxygen atoms in total. The second-order valence-corrected chi connectivity index (χ2v) is 4.99. The average molecular weight is 294 g/mol. The molecule has 114 valence electrons. The van der Waals surface area contributed by atoms with Gasteiger partial charge in [0, 0.05) is 19.7 Å². The van der Waals surface area contributed by atoms with Crippen LogP contribution in [0, 0.1) is 6.92 Å². The standard InChI is InChI=1S/C13H18N4O4/c1-5-8-7(2)15-21-11(8)14-10(18)6-9-12(19)17(4)13(20)16(9)3/h9H,5-6H2,1-4H3,(H,14,18)/t9-/m0/s1. The Labute approximate surface area is 122 Å². The molecule has 21 heavy (non-hydrogen) atoms. The molecule has 1 atom stereocenters. The third kappa shape index (κ3) is 2.61. The molecule has 1 fully saturated rings. The zero-order chi connectivity index (χ0) is 15.7. The van der Waals surface area contributed by atoms with Crippen molar-refractivity contribution in [1.29, 1.82) is 0 Å². The number of aryl methyl sites for hydroxylation is 1. The van der Waals surface area contributed by atoms with Gasteiger partial charge in [-0.1, -0.05) is 12.1 Å². The number of likely N-dealkylation sites (N-methyl/N-ethyl adjacent to an activating group) is 2. The Bertz CT molecular complexity index is 595. The summed E-state index contributed by atoms with van der Waals surface area (Å²) in [4.78, 5) is 37.8. The molecule has 1 aliphatic rings. The maximum Gasteiger partial charge on any atom is 0.326 e. The Kier molecular flexibility index (Phi) is 3.97. The number of anilines is 1. The van der Waals surface area contributed by atoms with E-state index in [9.17, 15) is 14.4 Å². The van der Waals surface area contributed by atoms with Gasteiger partial charge in [0.05, 0.1) is 12.1 Å². The SMILES string of the molecule is CCc1c(C)noc1NC(=O)C[C@H]1C(=O)N(C)C(=O)N1C. The Morgan fingerprint density at radius 2 is 2.05 bits per heavy atom. The maximum absolute atomic E-state index is 12.0. The minimum absolute atomic E-state index is 0.117. The highest BCUT2D eigenvalue weighted by atomic mass is 16.5. The van der Waals surface area contributed by atoms with Gasteiger partial charge in [-0.25, -0.2) is 4.79 Å². The predicted octanol–water partition coefficient (Wildman–Crippen LogP) is 0.766. The monoisotopic (exact) mass is 294 g/mol. The van der Waals surface area contributed by atoms with Crippen molar-refractivity contribution in [1.82, 2.24) is 15.0 Å². The first-order chi connectivity index (χ1) is 9.86. The van der Waals surface area contributed by atoms with Crippen molar-refractivity contribution < 1.29 is 18.9 Å². The molecular formula is C13H18N4O4. The molecule has 4 amide bonds. The van der Waals surface area contributed by atoms with Gasteiger partial charge in [-0.05, 0) is 13.3 Å². The first kappa shape index (κ1) is 15.0. The molecule has 0 aromatic carbocycles. The van der Waals surface area contributed by atoms with Crippen LogP contribution in [0.15, 0.2) is 4.52 Å². The van der Waals surface area contributed by atoms with Gasteiger partial charge in [-0.3, -0.25) is 19.8 Å². The van der Waals surface area contributed by atoms with Crippen molar-refractivity contribution in [3.05, 3.63) is 11.3 Å². The Morgan fingerprint density at radius 1 is 1.38 bits per heavy atom. The van der Waals surface area contributed by atoms with E-state index in [4.69, 9.17) is 4.52 Å². The van der Waals surface area contributed by atoms with E-state index in [0.29, 0.717) is 12.3 Å². The zero-order valence-corrected chi connectivity index (χ0v) is 12.5. The largest absolute Gasteiger partial charge is 0.338 e. The molecule has 0 radical (unpaired) electrons. The summed E-state index contributed by atoms with van der Waals surface area (Å²) >= 11 is 0. The Morgan fingerprint density at radius 3 is 2.57 bits per heavy atom. The predicted molar refractivity (Wildman–Crippen MR) is 73.6 cm³/mol. The van der Waals surface area contributed by atoms with Gasteiger partial charge in [-0.2, -0.15) is 0 Å². The van der Waals surface area contributed by atoms with E-state index in [2.05, 4.69) is 10.5 Å². The number of carbonyl (C=O) groups is 3. The number of aromatic nitrogens is 1. The summed E-state index contributed by atoms with van der Waals surface area (Å²) in [7, 11) is 2.89. The third-order valence-electron chi connectivity index (χ3n) is 3.64. The van der Waals surface area contributed by atoms with Gasteiger partial charge in [0.15, 0.2) is 0 Å². The number of urea groups is 1. The van der Waals surface area contributed by atoms with Crippen molar-refractivity contribution in [3.63, 3.8) is 0 Å². The number of rotatable bonds is 4. The number of imide groups is 1. The number of nitrogens with zero attached hydrogens (tertiary/aromatic N) is 3. The molecule has 1 aromatic heterocycles. The molecule has 0 spiro atoms. The van der Waals surface area contributed by atoms with Crippen LogP contribution in [0.1, 0.15) is 24.6 Å². The molecule has 1 N–H and O–H groups in total. The van der Waals surface area contributed by atoms with Crippen molar-refractivity contribution in [2.75, 3.05) is 19.4 Å². The van der Waals surface area contributed by atoms with Gasteiger partial charge < -0.3 is 9.42 Å². The van der Waals surface area contributed by atoms with E-state index in [-0.39, 0.29) is 12.3 Å². The minimum atomic E-state index is -0.781. The van der Waals surface area contributed by atoms with Crippen molar-refractivity contribution in [2.24, 2.45) is 0 Å². The molecule has 1 aliphatic heterocycles. The summed E-state index contributed by atoms with van der Waals surface area (Å²) in [6.07, 6.45) is 0.558. The molecular weight excluding hydrogens is 276 g/mol. The summed E-state index contributed by atoms with van der Waals surface area (Å²) in [6.45, 7) is 3.72. The van der Waals surface area contributed by atoms with Crippen LogP contribution in [0.2, 0.25) is 0 Å². The van der Waals surface area contributed by atoms with Crippen LogP contribution in [-0.2, 0) is 16.0 Å². The van der Waals surface area contributed by atoms with E-state index >= 15 is 0 Å². The molecule has 0 bridgehead atoms. The molecule has 1 saturated heterocycles. The van der Waals surface area contributed by atoms with E-state index in [1.54, 1.807) is 6.92 Å². The van der Waals surface area contributed by atoms with Gasteiger partial charge in [0.25, 0.3) is 5.91 Å². The number of hydrogen-bond acceptors (Lipinski definition) is 5. The van der Waals surface area contributed by atoms with Crippen molar-refractivity contribution >= 4 is 23.7 Å². The lowest BCUT2D eigenvalue weighted by atomic mass is 10.1. The summed E-state index contributed by atoms with van der Waals surface area (Å²) in [6, 6.07) is -1.20. The van der Waals surface area contributed by atoms with Crippen LogP contribution in [0.25, 0.3) is 0 Å². The summed E-state index contributed by atoms with van der Waals surface area (Å²) in [5, 5.41) is 6.40. The fraction of sp³-hybridized carbons (Fsp3) is 0.538. The maximum atomic E-state index is 12.0. The smallest absolute Gasteiger partial charge is 0.326 e. The Hall–Kier alpha value is -2.38. The average Bonchev–Trinajstić information content (AvgIpc) is 2.88. The van der Waals surface area contributed by atoms with Crippen LogP contribution < -0.4 is 5.32 Å². The lowest BCUT2D eigenvalue weighted by Crippen LogP contribution is -2.35. The highest BCUT2D eigenvalue weighted by molar-refractivity contribution is 6.06. The summed E-state index contributed by atoms with van der Waals surface area (Å²) in [5.41, 5.74) is 1.54. The topological polar surface area (TPSA) is 95.7 Å². The molecule has 8 heteroatoms. The fourth-order valence-corrected chi connectivity index (χ4v) is 2.33. The van der Waals surface area contributed by atoms with Crippen LogP contribution in [0.5, 0.6) is 0 Å². The van der Waals surface area contributed by atoms with Crippen LogP contribution in [-0.4, -0.2) is 52.9 Å². The lowest BCUT2D eigenvalue weighted by molar-refractivity contribution is -0.129. The Balaban J connectivity index is 2.05. The first-order valence-electron chi connectivity index (χ1n) is 6.66. The third-order valence-corrected chi connectivity index (χ3v) is 3.64. The van der Waals surface area contributed by atoms with E-state index in [0.717, 1.165) is 16.2 Å². The van der Waals surface area contributed by atoms with Crippen LogP contribution in [0.3, 0.4) is 0 Å². The second-order valence-electron chi connectivity index (χ2n) is 4.99. The molecule has 0 aliphatic carbocycles. The van der Waals surface area contributed by atoms with Gasteiger partial charge >= 0.3 is 6.03 Å². The minimum Gasteiger partial charge on any atom is -0.338 e. The number of hydrogen-bond donors (Lipinski definition) is 1. The van der Waals surface area contributed by atoms with Gasteiger partial charge in [0.1, 0.15) is 6.04 Å². The quantitative estimate of drug-likeness (QED) is 0.827. The highest BCUT2D eigenvalue weighted by Crippen LogP contribution is 2.21. The lowest BCUT2D eigenvalue weighted by Gasteiger charge is -2.15. The number of carbonyl (C=O) groups excluding carboxylic acids is 3. The molecule has 0 saturated carbocycles. The molecule has 2 heterocycles. The molecule has 2 rings (SSSR count). The van der Waals surface area contributed by atoms with Gasteiger partial charge in [0.2, 0.25) is 11.8 Å². The number of nitrogens with one attached hydrogen (secondary N) is 1. The first-order valence-corrected chi connectivity index (χ1v) is 6.66. The van der Waals surface area contributed by atoms with E-state index in [1.165, 1.54) is 19.0 Å². The zero-order valence-electron chi connectivity index (χ0n) is 12.5. The van der Waals surface area contributed by atoms with Crippen LogP contribution >= 0.6 is 0 Å². The van der Waals surface area contributed by atoms with E-state index in [1.807, 2.05) is 6.92 Å². The fourth-order valence-electron chi connectivity index (χ4n) is 2.33. The summed E-state index contributed by atoms with van der Waals surface area (Å²) < 4.78 is 5.06. The second kappa shape index (κ2) is 5.55. The number of amides is 4. The summed E-state index contributed by atoms with van der Waals surface area (Å²) in [5.74, 6) is -0.482. The van der Waals surface area contributed by atoms with E-state index < -0.39 is 18.0 Å². The van der Waals surface area contributed by atoms with Crippen LogP contribution in [0.4, 0.5) is 10.7 Å². The molecule has 0 unspecified atom stereocenters. The van der Waals surface area contributed by atoms with Crippen molar-refractivity contribution in [2.45, 2.75) is 32.7 Å². The van der Waals surface area contributed by atoms with Gasteiger partial charge in [-0.15, -0.1) is 0 Å².